The van der Waals surface area contributed by atoms with Gasteiger partial charge in [-0.1, -0.05) is 32.0 Å². The lowest BCUT2D eigenvalue weighted by atomic mass is 10.1. The summed E-state index contributed by atoms with van der Waals surface area (Å²) in [5.74, 6) is 1.64. The van der Waals surface area contributed by atoms with Crippen LogP contribution in [0.2, 0.25) is 0 Å². The highest BCUT2D eigenvalue weighted by atomic mass is 16.1. The fourth-order valence-electron chi connectivity index (χ4n) is 2.27. The maximum atomic E-state index is 11.7. The van der Waals surface area contributed by atoms with Gasteiger partial charge in [0.05, 0.1) is 5.69 Å². The second-order valence-electron chi connectivity index (χ2n) is 5.57. The Morgan fingerprint density at radius 3 is 2.74 bits per heavy atom. The molecule has 1 heterocycles. The fourth-order valence-corrected chi connectivity index (χ4v) is 2.27. The van der Waals surface area contributed by atoms with Crippen molar-refractivity contribution in [3.8, 4) is 11.4 Å². The number of nitrogens with one attached hydrogen (secondary N) is 1. The minimum atomic E-state index is -0.0782. The zero-order chi connectivity index (χ0) is 13.4. The highest BCUT2D eigenvalue weighted by Crippen LogP contribution is 2.40. The van der Waals surface area contributed by atoms with Crippen molar-refractivity contribution >= 4 is 0 Å². The van der Waals surface area contributed by atoms with Crippen LogP contribution in [-0.4, -0.2) is 9.97 Å². The molecule has 1 aliphatic rings. The largest absolute Gasteiger partial charge is 0.307 e. The topological polar surface area (TPSA) is 45.8 Å². The van der Waals surface area contributed by atoms with E-state index in [1.54, 1.807) is 6.07 Å². The first-order valence-electron chi connectivity index (χ1n) is 6.85. The molecule has 0 unspecified atom stereocenters. The third-order valence-corrected chi connectivity index (χ3v) is 3.56. The smallest absolute Gasteiger partial charge is 0.251 e. The average Bonchev–Trinajstić information content (AvgIpc) is 3.22. The Balaban J connectivity index is 2.05. The van der Waals surface area contributed by atoms with Gasteiger partial charge >= 0.3 is 0 Å². The summed E-state index contributed by atoms with van der Waals surface area (Å²) in [5, 5.41) is 0. The van der Waals surface area contributed by atoms with Gasteiger partial charge in [-0.25, -0.2) is 4.98 Å². The van der Waals surface area contributed by atoms with Crippen molar-refractivity contribution in [1.82, 2.24) is 9.97 Å². The minimum Gasteiger partial charge on any atom is -0.307 e. The quantitative estimate of drug-likeness (QED) is 0.912. The zero-order valence-corrected chi connectivity index (χ0v) is 11.3. The Morgan fingerprint density at radius 2 is 2.05 bits per heavy atom. The lowest BCUT2D eigenvalue weighted by Gasteiger charge is -2.08. The van der Waals surface area contributed by atoms with Gasteiger partial charge in [0.1, 0.15) is 5.82 Å². The van der Waals surface area contributed by atoms with Crippen molar-refractivity contribution in [2.75, 3.05) is 0 Å². The molecule has 1 aliphatic carbocycles. The Hall–Kier alpha value is -1.90. The Bertz CT molecular complexity index is 654. The number of hydrogen-bond acceptors (Lipinski definition) is 2. The number of nitrogens with zero attached hydrogens (tertiary/aromatic N) is 1. The molecule has 0 saturated heterocycles. The standard InChI is InChI=1S/C16H18N2O/c1-10(2)14-9-15(19)18-16(17-14)13-5-3-4-12(8-13)11-6-7-11/h3-5,8-11H,6-7H2,1-2H3,(H,17,18,19). The molecule has 3 nitrogen and oxygen atoms in total. The van der Waals surface area contributed by atoms with Gasteiger partial charge in [0.2, 0.25) is 0 Å². The molecule has 0 aliphatic heterocycles. The van der Waals surface area contributed by atoms with E-state index in [0.29, 0.717) is 11.7 Å². The van der Waals surface area contributed by atoms with Crippen LogP contribution in [-0.2, 0) is 0 Å². The second kappa shape index (κ2) is 4.65. The summed E-state index contributed by atoms with van der Waals surface area (Å²) in [6, 6.07) is 9.95. The van der Waals surface area contributed by atoms with Gasteiger partial charge in [-0.05, 0) is 36.3 Å². The minimum absolute atomic E-state index is 0.0782. The van der Waals surface area contributed by atoms with E-state index in [2.05, 4.69) is 22.1 Å². The van der Waals surface area contributed by atoms with Crippen LogP contribution in [0.3, 0.4) is 0 Å². The van der Waals surface area contributed by atoms with Crippen molar-refractivity contribution in [3.63, 3.8) is 0 Å². The number of benzene rings is 1. The normalized spacial score (nSPS) is 14.9. The molecule has 0 amide bonds. The number of aromatic amines is 1. The molecule has 0 atom stereocenters. The fraction of sp³-hybridized carbons (Fsp3) is 0.375. The summed E-state index contributed by atoms with van der Waals surface area (Å²) in [5.41, 5.74) is 3.13. The van der Waals surface area contributed by atoms with E-state index < -0.39 is 0 Å². The van der Waals surface area contributed by atoms with Gasteiger partial charge in [-0.2, -0.15) is 0 Å². The molecule has 2 aromatic rings. The summed E-state index contributed by atoms with van der Waals surface area (Å²) < 4.78 is 0. The van der Waals surface area contributed by atoms with Crippen LogP contribution in [0.4, 0.5) is 0 Å². The molecule has 1 fully saturated rings. The van der Waals surface area contributed by atoms with Crippen LogP contribution in [0.5, 0.6) is 0 Å². The first kappa shape index (κ1) is 12.2. The molecule has 0 spiro atoms. The summed E-state index contributed by atoms with van der Waals surface area (Å²) in [6.45, 7) is 4.10. The van der Waals surface area contributed by atoms with Gasteiger partial charge in [-0.3, -0.25) is 4.79 Å². The highest BCUT2D eigenvalue weighted by molar-refractivity contribution is 5.56. The van der Waals surface area contributed by atoms with Crippen LogP contribution in [0.1, 0.15) is 49.8 Å². The zero-order valence-electron chi connectivity index (χ0n) is 11.3. The summed E-state index contributed by atoms with van der Waals surface area (Å²) in [6.07, 6.45) is 2.55. The molecule has 1 N–H and O–H groups in total. The predicted octanol–water partition coefficient (Wildman–Crippen LogP) is 3.44. The molecular formula is C16H18N2O. The number of hydrogen-bond donors (Lipinski definition) is 1. The van der Waals surface area contributed by atoms with E-state index in [4.69, 9.17) is 0 Å². The van der Waals surface area contributed by atoms with Crippen LogP contribution >= 0.6 is 0 Å². The summed E-state index contributed by atoms with van der Waals surface area (Å²) >= 11 is 0. The van der Waals surface area contributed by atoms with Gasteiger partial charge in [-0.15, -0.1) is 0 Å². The monoisotopic (exact) mass is 254 g/mol. The van der Waals surface area contributed by atoms with Crippen LogP contribution in [0.25, 0.3) is 11.4 Å². The highest BCUT2D eigenvalue weighted by Gasteiger charge is 2.23. The molecule has 1 saturated carbocycles. The molecule has 1 aromatic heterocycles. The van der Waals surface area contributed by atoms with Crippen molar-refractivity contribution in [1.29, 1.82) is 0 Å². The molecule has 98 valence electrons. The van der Waals surface area contributed by atoms with E-state index in [-0.39, 0.29) is 11.5 Å². The molecule has 1 aromatic carbocycles. The third kappa shape index (κ3) is 2.60. The number of rotatable bonds is 3. The summed E-state index contributed by atoms with van der Waals surface area (Å²) in [7, 11) is 0. The van der Waals surface area contributed by atoms with E-state index in [1.165, 1.54) is 18.4 Å². The van der Waals surface area contributed by atoms with E-state index >= 15 is 0 Å². The van der Waals surface area contributed by atoms with E-state index in [1.807, 2.05) is 26.0 Å². The Morgan fingerprint density at radius 1 is 1.26 bits per heavy atom. The average molecular weight is 254 g/mol. The van der Waals surface area contributed by atoms with Crippen LogP contribution < -0.4 is 5.56 Å². The SMILES string of the molecule is CC(C)c1cc(=O)[nH]c(-c2cccc(C3CC3)c2)n1. The van der Waals surface area contributed by atoms with E-state index in [9.17, 15) is 4.79 Å². The maximum absolute atomic E-state index is 11.7. The molecular weight excluding hydrogens is 236 g/mol. The first-order valence-corrected chi connectivity index (χ1v) is 6.85. The van der Waals surface area contributed by atoms with Crippen molar-refractivity contribution in [3.05, 3.63) is 51.9 Å². The predicted molar refractivity (Wildman–Crippen MR) is 76.4 cm³/mol. The molecule has 3 rings (SSSR count). The van der Waals surface area contributed by atoms with Gasteiger partial charge < -0.3 is 4.98 Å². The molecule has 3 heteroatoms. The molecule has 0 bridgehead atoms. The van der Waals surface area contributed by atoms with Crippen LogP contribution in [0, 0.1) is 0 Å². The second-order valence-corrected chi connectivity index (χ2v) is 5.57. The van der Waals surface area contributed by atoms with Gasteiger partial charge in [0, 0.05) is 11.6 Å². The Labute approximate surface area is 112 Å². The number of H-pyrrole nitrogens is 1. The maximum Gasteiger partial charge on any atom is 0.251 e. The van der Waals surface area contributed by atoms with Gasteiger partial charge in [0.25, 0.3) is 5.56 Å². The van der Waals surface area contributed by atoms with Crippen molar-refractivity contribution in [2.24, 2.45) is 0 Å². The lowest BCUT2D eigenvalue weighted by Crippen LogP contribution is -2.11. The van der Waals surface area contributed by atoms with E-state index in [0.717, 1.165) is 11.3 Å². The third-order valence-electron chi connectivity index (χ3n) is 3.56. The van der Waals surface area contributed by atoms with Crippen molar-refractivity contribution < 1.29 is 0 Å². The first-order chi connectivity index (χ1) is 9.13. The van der Waals surface area contributed by atoms with Crippen LogP contribution in [0.15, 0.2) is 35.1 Å². The number of aromatic nitrogens is 2. The Kier molecular flexibility index (Phi) is 2.97. The molecule has 19 heavy (non-hydrogen) atoms. The van der Waals surface area contributed by atoms with Gasteiger partial charge in [0.15, 0.2) is 0 Å². The molecule has 0 radical (unpaired) electrons. The van der Waals surface area contributed by atoms with Crippen molar-refractivity contribution in [2.45, 2.75) is 38.5 Å². The lowest BCUT2D eigenvalue weighted by molar-refractivity contribution is 0.812. The summed E-state index contributed by atoms with van der Waals surface area (Å²) in [4.78, 5) is 19.1.